The molecule has 0 aliphatic carbocycles. The minimum Gasteiger partial charge on any atom is -0.436 e. The topological polar surface area (TPSA) is 57.0 Å². The summed E-state index contributed by atoms with van der Waals surface area (Å²) >= 11 is 0. The van der Waals surface area contributed by atoms with Crippen LogP contribution in [-0.4, -0.2) is 14.5 Å². The summed E-state index contributed by atoms with van der Waals surface area (Å²) in [6.45, 7) is 0. The third-order valence-electron chi connectivity index (χ3n) is 11.3. The molecule has 0 radical (unpaired) electrons. The van der Waals surface area contributed by atoms with Gasteiger partial charge >= 0.3 is 0 Å². The highest BCUT2D eigenvalue weighted by atomic mass is 16.4. The predicted molar refractivity (Wildman–Crippen MR) is 233 cm³/mol. The average molecular weight is 730 g/mol. The van der Waals surface area contributed by atoms with Gasteiger partial charge in [-0.1, -0.05) is 109 Å². The molecule has 9 aromatic carbocycles. The monoisotopic (exact) mass is 729 g/mol. The number of rotatable bonds is 5. The van der Waals surface area contributed by atoms with Crippen LogP contribution in [0.2, 0.25) is 0 Å². The van der Waals surface area contributed by atoms with E-state index in [1.165, 1.54) is 38.2 Å². The maximum atomic E-state index is 6.23. The molecule has 57 heavy (non-hydrogen) atoms. The van der Waals surface area contributed by atoms with E-state index < -0.39 is 0 Å². The molecule has 0 spiro atoms. The second-order valence-corrected chi connectivity index (χ2v) is 14.6. The van der Waals surface area contributed by atoms with Gasteiger partial charge in [0, 0.05) is 27.6 Å². The Balaban J connectivity index is 1.03. The standard InChI is InChI=1S/C52H31N3O2/c1-2-11-33(12-3-1)50-39-14-5-4-13-34(39)29-41-38(15-10-16-40(41)50)32-21-25-37(26-22-32)55-46-27-23-35(51-53-44-17-6-8-19-48(44)56-51)30-42(46)43-31-36(24-28-47(43)55)52-54-45-18-7-9-20-49(45)57-52/h1-31H. The maximum absolute atomic E-state index is 6.23. The van der Waals surface area contributed by atoms with Crippen LogP contribution >= 0.6 is 0 Å². The summed E-state index contributed by atoms with van der Waals surface area (Å²) in [4.78, 5) is 9.65. The van der Waals surface area contributed by atoms with Crippen molar-refractivity contribution >= 4 is 65.6 Å². The van der Waals surface area contributed by atoms with E-state index in [0.717, 1.165) is 66.4 Å². The van der Waals surface area contributed by atoms with Crippen LogP contribution in [0.25, 0.3) is 116 Å². The molecular weight excluding hydrogens is 699 g/mol. The summed E-state index contributed by atoms with van der Waals surface area (Å²) in [5.41, 5.74) is 13.1. The van der Waals surface area contributed by atoms with Crippen LogP contribution in [0.3, 0.4) is 0 Å². The Morgan fingerprint density at radius 2 is 0.930 bits per heavy atom. The van der Waals surface area contributed by atoms with Gasteiger partial charge in [0.2, 0.25) is 11.8 Å². The Hall–Kier alpha value is -7.76. The summed E-state index contributed by atoms with van der Waals surface area (Å²) in [7, 11) is 0. The largest absolute Gasteiger partial charge is 0.436 e. The average Bonchev–Trinajstić information content (AvgIpc) is 3.99. The fourth-order valence-electron chi connectivity index (χ4n) is 8.61. The molecule has 5 nitrogen and oxygen atoms in total. The van der Waals surface area contributed by atoms with E-state index in [1.807, 2.05) is 48.5 Å². The van der Waals surface area contributed by atoms with Crippen LogP contribution < -0.4 is 0 Å². The van der Waals surface area contributed by atoms with Crippen molar-refractivity contribution in [2.24, 2.45) is 0 Å². The summed E-state index contributed by atoms with van der Waals surface area (Å²) < 4.78 is 14.8. The number of oxazole rings is 2. The first-order chi connectivity index (χ1) is 28.2. The zero-order valence-electron chi connectivity index (χ0n) is 30.6. The molecule has 0 aliphatic heterocycles. The number of para-hydroxylation sites is 4. The summed E-state index contributed by atoms with van der Waals surface area (Å²) in [5.74, 6) is 1.19. The Kier molecular flexibility index (Phi) is 6.86. The quantitative estimate of drug-likeness (QED) is 0.166. The van der Waals surface area contributed by atoms with Crippen molar-refractivity contribution in [1.29, 1.82) is 0 Å². The molecule has 12 aromatic rings. The van der Waals surface area contributed by atoms with E-state index >= 15 is 0 Å². The maximum Gasteiger partial charge on any atom is 0.227 e. The van der Waals surface area contributed by atoms with Gasteiger partial charge in [0.05, 0.1) is 11.0 Å². The van der Waals surface area contributed by atoms with E-state index in [0.29, 0.717) is 11.8 Å². The third kappa shape index (κ3) is 5.03. The molecule has 0 bridgehead atoms. The van der Waals surface area contributed by atoms with Gasteiger partial charge in [-0.25, -0.2) is 9.97 Å². The molecule has 3 heterocycles. The van der Waals surface area contributed by atoms with Gasteiger partial charge in [0.1, 0.15) is 11.0 Å². The second-order valence-electron chi connectivity index (χ2n) is 14.6. The second kappa shape index (κ2) is 12.4. The molecule has 12 rings (SSSR count). The van der Waals surface area contributed by atoms with Gasteiger partial charge in [-0.15, -0.1) is 0 Å². The van der Waals surface area contributed by atoms with Crippen molar-refractivity contribution in [2.45, 2.75) is 0 Å². The Morgan fingerprint density at radius 1 is 0.368 bits per heavy atom. The number of aromatic nitrogens is 3. The molecule has 0 atom stereocenters. The molecule has 5 heteroatoms. The Morgan fingerprint density at radius 3 is 1.58 bits per heavy atom. The number of fused-ring (bicyclic) bond motifs is 7. The summed E-state index contributed by atoms with van der Waals surface area (Å²) in [6.07, 6.45) is 0. The van der Waals surface area contributed by atoms with Crippen LogP contribution in [0.5, 0.6) is 0 Å². The SMILES string of the molecule is c1ccc(-c2c3ccccc3cc3c(-c4ccc(-n5c6ccc(-c7nc8ccccc8o7)cc6c6cc(-c7nc8ccccc8o7)ccc65)cc4)cccc23)cc1. The molecule has 0 saturated carbocycles. The van der Waals surface area contributed by atoms with Crippen molar-refractivity contribution in [3.05, 3.63) is 188 Å². The fourth-order valence-corrected chi connectivity index (χ4v) is 8.61. The van der Waals surface area contributed by atoms with E-state index in [-0.39, 0.29) is 0 Å². The highest BCUT2D eigenvalue weighted by Gasteiger charge is 2.19. The van der Waals surface area contributed by atoms with E-state index in [4.69, 9.17) is 18.8 Å². The number of hydrogen-bond acceptors (Lipinski definition) is 4. The smallest absolute Gasteiger partial charge is 0.227 e. The number of benzene rings is 9. The fraction of sp³-hybridized carbons (Fsp3) is 0. The van der Waals surface area contributed by atoms with Crippen LogP contribution in [0.4, 0.5) is 0 Å². The molecular formula is C52H31N3O2. The molecule has 0 amide bonds. The van der Waals surface area contributed by atoms with Crippen molar-refractivity contribution in [3.8, 4) is 50.8 Å². The lowest BCUT2D eigenvalue weighted by molar-refractivity contribution is 0.619. The molecule has 0 fully saturated rings. The van der Waals surface area contributed by atoms with Gasteiger partial charge in [-0.2, -0.15) is 0 Å². The normalized spacial score (nSPS) is 11.9. The van der Waals surface area contributed by atoms with Crippen LogP contribution in [0.1, 0.15) is 0 Å². The minimum absolute atomic E-state index is 0.594. The lowest BCUT2D eigenvalue weighted by Crippen LogP contribution is -1.94. The molecule has 0 N–H and O–H groups in total. The highest BCUT2D eigenvalue weighted by Crippen LogP contribution is 2.42. The van der Waals surface area contributed by atoms with Gasteiger partial charge in [0.15, 0.2) is 11.2 Å². The molecule has 3 aromatic heterocycles. The first-order valence-corrected chi connectivity index (χ1v) is 19.1. The molecule has 0 aliphatic rings. The predicted octanol–water partition coefficient (Wildman–Crippen LogP) is 14.0. The van der Waals surface area contributed by atoms with E-state index in [9.17, 15) is 0 Å². The van der Waals surface area contributed by atoms with Crippen molar-refractivity contribution in [3.63, 3.8) is 0 Å². The van der Waals surface area contributed by atoms with Gasteiger partial charge < -0.3 is 13.4 Å². The number of nitrogens with zero attached hydrogens (tertiary/aromatic N) is 3. The minimum atomic E-state index is 0.594. The van der Waals surface area contributed by atoms with Crippen molar-refractivity contribution in [2.75, 3.05) is 0 Å². The van der Waals surface area contributed by atoms with Crippen LogP contribution in [0.15, 0.2) is 197 Å². The Bertz CT molecular complexity index is 3320. The zero-order chi connectivity index (χ0) is 37.5. The van der Waals surface area contributed by atoms with Crippen LogP contribution in [-0.2, 0) is 0 Å². The molecule has 0 saturated heterocycles. The summed E-state index contributed by atoms with van der Waals surface area (Å²) in [5, 5.41) is 7.13. The molecule has 0 unspecified atom stereocenters. The van der Waals surface area contributed by atoms with Gasteiger partial charge in [0.25, 0.3) is 0 Å². The van der Waals surface area contributed by atoms with Crippen molar-refractivity contribution < 1.29 is 8.83 Å². The zero-order valence-corrected chi connectivity index (χ0v) is 30.6. The number of hydrogen-bond donors (Lipinski definition) is 0. The first kappa shape index (κ1) is 31.6. The third-order valence-corrected chi connectivity index (χ3v) is 11.3. The van der Waals surface area contributed by atoms with E-state index in [2.05, 4.69) is 144 Å². The highest BCUT2D eigenvalue weighted by molar-refractivity contribution is 6.16. The van der Waals surface area contributed by atoms with Gasteiger partial charge in [-0.05, 0) is 123 Å². The lowest BCUT2D eigenvalue weighted by atomic mass is 9.89. The van der Waals surface area contributed by atoms with Gasteiger partial charge in [-0.3, -0.25) is 0 Å². The Labute approximate surface area is 326 Å². The first-order valence-electron chi connectivity index (χ1n) is 19.1. The van der Waals surface area contributed by atoms with Crippen molar-refractivity contribution in [1.82, 2.24) is 14.5 Å². The van der Waals surface area contributed by atoms with Crippen LogP contribution in [0, 0.1) is 0 Å². The van der Waals surface area contributed by atoms with E-state index in [1.54, 1.807) is 0 Å². The molecule has 266 valence electrons. The summed E-state index contributed by atoms with van der Waals surface area (Å²) in [6, 6.07) is 66.1. The lowest BCUT2D eigenvalue weighted by Gasteiger charge is -2.15.